The molecule has 0 unspecified atom stereocenters. The largest absolute Gasteiger partial charge is 0.379 e. The second-order valence-corrected chi connectivity index (χ2v) is 7.17. The van der Waals surface area contributed by atoms with Gasteiger partial charge in [0.25, 0.3) is 0 Å². The molecule has 24 heavy (non-hydrogen) atoms. The Morgan fingerprint density at radius 3 is 2.83 bits per heavy atom. The minimum atomic E-state index is -0.136. The number of hydrogen-bond acceptors (Lipinski definition) is 3. The SMILES string of the molecule is CO[C@@H]1CCOC[C@H]1NC(=O)NCC1(c2ccc(C)cc2C)CC1. The summed E-state index contributed by atoms with van der Waals surface area (Å²) in [5, 5.41) is 6.05. The van der Waals surface area contributed by atoms with Crippen molar-refractivity contribution >= 4 is 6.03 Å². The van der Waals surface area contributed by atoms with Crippen molar-refractivity contribution in [2.75, 3.05) is 26.9 Å². The van der Waals surface area contributed by atoms with Gasteiger partial charge in [-0.2, -0.15) is 0 Å². The van der Waals surface area contributed by atoms with Crippen LogP contribution in [0.15, 0.2) is 18.2 Å². The summed E-state index contributed by atoms with van der Waals surface area (Å²) in [4.78, 5) is 12.3. The highest BCUT2D eigenvalue weighted by atomic mass is 16.5. The van der Waals surface area contributed by atoms with Gasteiger partial charge >= 0.3 is 6.03 Å². The Kier molecular flexibility index (Phi) is 5.11. The van der Waals surface area contributed by atoms with E-state index in [1.54, 1.807) is 7.11 Å². The third-order valence-electron chi connectivity index (χ3n) is 5.31. The van der Waals surface area contributed by atoms with Gasteiger partial charge in [0.15, 0.2) is 0 Å². The maximum Gasteiger partial charge on any atom is 0.315 e. The van der Waals surface area contributed by atoms with Crippen molar-refractivity contribution in [1.82, 2.24) is 10.6 Å². The molecule has 1 saturated carbocycles. The molecule has 0 spiro atoms. The van der Waals surface area contributed by atoms with Gasteiger partial charge in [-0.3, -0.25) is 0 Å². The Balaban J connectivity index is 1.56. The fraction of sp³-hybridized carbons (Fsp3) is 0.632. The van der Waals surface area contributed by atoms with E-state index in [0.29, 0.717) is 19.8 Å². The Morgan fingerprint density at radius 1 is 1.38 bits per heavy atom. The van der Waals surface area contributed by atoms with Crippen LogP contribution in [0.4, 0.5) is 4.79 Å². The van der Waals surface area contributed by atoms with Crippen LogP contribution >= 0.6 is 0 Å². The van der Waals surface area contributed by atoms with Crippen molar-refractivity contribution in [3.05, 3.63) is 34.9 Å². The third kappa shape index (κ3) is 3.73. The first-order chi connectivity index (χ1) is 11.5. The molecule has 1 aromatic rings. The monoisotopic (exact) mass is 332 g/mol. The highest BCUT2D eigenvalue weighted by Gasteiger charge is 2.45. The molecular formula is C19H28N2O3. The van der Waals surface area contributed by atoms with Crippen molar-refractivity contribution in [3.8, 4) is 0 Å². The van der Waals surface area contributed by atoms with Crippen LogP contribution in [0.25, 0.3) is 0 Å². The van der Waals surface area contributed by atoms with Gasteiger partial charge in [0.2, 0.25) is 0 Å². The van der Waals surface area contributed by atoms with Crippen LogP contribution in [0.3, 0.4) is 0 Å². The Hall–Kier alpha value is -1.59. The van der Waals surface area contributed by atoms with Gasteiger partial charge < -0.3 is 20.1 Å². The predicted octanol–water partition coefficient (Wildman–Crippen LogP) is 2.44. The van der Waals surface area contributed by atoms with E-state index < -0.39 is 0 Å². The van der Waals surface area contributed by atoms with Crippen LogP contribution < -0.4 is 10.6 Å². The van der Waals surface area contributed by atoms with Crippen LogP contribution in [-0.2, 0) is 14.9 Å². The molecule has 1 aliphatic heterocycles. The average Bonchev–Trinajstić information content (AvgIpc) is 3.34. The number of urea groups is 1. The molecule has 0 radical (unpaired) electrons. The lowest BCUT2D eigenvalue weighted by Gasteiger charge is -2.31. The summed E-state index contributed by atoms with van der Waals surface area (Å²) < 4.78 is 10.9. The van der Waals surface area contributed by atoms with Crippen LogP contribution in [-0.4, -0.2) is 45.0 Å². The molecule has 5 nitrogen and oxygen atoms in total. The van der Waals surface area contributed by atoms with E-state index in [1.807, 2.05) is 0 Å². The lowest BCUT2D eigenvalue weighted by atomic mass is 9.91. The van der Waals surface area contributed by atoms with E-state index in [4.69, 9.17) is 9.47 Å². The zero-order chi connectivity index (χ0) is 17.2. The normalized spacial score (nSPS) is 25.1. The number of aryl methyl sites for hydroxylation is 2. The van der Waals surface area contributed by atoms with E-state index in [0.717, 1.165) is 19.3 Å². The topological polar surface area (TPSA) is 59.6 Å². The van der Waals surface area contributed by atoms with Crippen molar-refractivity contribution in [1.29, 1.82) is 0 Å². The fourth-order valence-corrected chi connectivity index (χ4v) is 3.70. The van der Waals surface area contributed by atoms with E-state index in [2.05, 4.69) is 42.7 Å². The van der Waals surface area contributed by atoms with Gasteiger partial charge in [-0.05, 0) is 44.2 Å². The lowest BCUT2D eigenvalue weighted by Crippen LogP contribution is -2.53. The number of carbonyl (C=O) groups excluding carboxylic acids is 1. The molecule has 1 heterocycles. The smallest absolute Gasteiger partial charge is 0.315 e. The number of amides is 2. The summed E-state index contributed by atoms with van der Waals surface area (Å²) >= 11 is 0. The Labute approximate surface area is 144 Å². The zero-order valence-corrected chi connectivity index (χ0v) is 14.9. The van der Waals surface area contributed by atoms with E-state index in [9.17, 15) is 4.79 Å². The number of methoxy groups -OCH3 is 1. The minimum Gasteiger partial charge on any atom is -0.379 e. The highest BCUT2D eigenvalue weighted by Crippen LogP contribution is 2.48. The molecule has 2 amide bonds. The van der Waals surface area contributed by atoms with Crippen LogP contribution in [0, 0.1) is 13.8 Å². The molecule has 2 fully saturated rings. The molecule has 1 saturated heterocycles. The highest BCUT2D eigenvalue weighted by molar-refractivity contribution is 5.74. The van der Waals surface area contributed by atoms with Crippen molar-refractivity contribution in [3.63, 3.8) is 0 Å². The van der Waals surface area contributed by atoms with Crippen LogP contribution in [0.2, 0.25) is 0 Å². The van der Waals surface area contributed by atoms with Gasteiger partial charge in [0.05, 0.1) is 18.8 Å². The second kappa shape index (κ2) is 7.11. The summed E-state index contributed by atoms with van der Waals surface area (Å²) in [5.74, 6) is 0. The molecule has 0 aromatic heterocycles. The Morgan fingerprint density at radius 2 is 2.17 bits per heavy atom. The molecule has 2 N–H and O–H groups in total. The van der Waals surface area contributed by atoms with Gasteiger partial charge in [-0.15, -0.1) is 0 Å². The number of nitrogens with one attached hydrogen (secondary N) is 2. The number of carbonyl (C=O) groups is 1. The molecule has 132 valence electrons. The summed E-state index contributed by atoms with van der Waals surface area (Å²) in [6.45, 7) is 6.14. The molecule has 5 heteroatoms. The standard InChI is InChI=1S/C19H28N2O3/c1-13-4-5-15(14(2)10-13)19(7-8-19)12-20-18(22)21-16-11-24-9-6-17(16)23-3/h4-5,10,16-17H,6-9,11-12H2,1-3H3,(H2,20,21,22)/t16-,17-/m1/s1. The van der Waals surface area contributed by atoms with Gasteiger partial charge in [-0.1, -0.05) is 23.8 Å². The number of hydrogen-bond donors (Lipinski definition) is 2. The molecule has 0 bridgehead atoms. The van der Waals surface area contributed by atoms with Crippen LogP contribution in [0.1, 0.15) is 36.0 Å². The second-order valence-electron chi connectivity index (χ2n) is 7.17. The average molecular weight is 332 g/mol. The number of benzene rings is 1. The van der Waals surface area contributed by atoms with E-state index >= 15 is 0 Å². The van der Waals surface area contributed by atoms with Gasteiger partial charge in [-0.25, -0.2) is 4.79 Å². The number of rotatable bonds is 5. The molecular weight excluding hydrogens is 304 g/mol. The third-order valence-corrected chi connectivity index (χ3v) is 5.31. The van der Waals surface area contributed by atoms with E-state index in [1.165, 1.54) is 16.7 Å². The van der Waals surface area contributed by atoms with Crippen molar-refractivity contribution in [2.24, 2.45) is 0 Å². The Bertz CT molecular complexity index is 598. The molecule has 1 aliphatic carbocycles. The van der Waals surface area contributed by atoms with E-state index in [-0.39, 0.29) is 23.6 Å². The summed E-state index contributed by atoms with van der Waals surface area (Å²) in [6, 6.07) is 6.37. The fourth-order valence-electron chi connectivity index (χ4n) is 3.70. The minimum absolute atomic E-state index is 0.0266. The molecule has 1 aromatic carbocycles. The quantitative estimate of drug-likeness (QED) is 0.871. The lowest BCUT2D eigenvalue weighted by molar-refractivity contribution is -0.0334. The molecule has 2 atom stereocenters. The molecule has 3 rings (SSSR count). The van der Waals surface area contributed by atoms with Gasteiger partial charge in [0.1, 0.15) is 0 Å². The van der Waals surface area contributed by atoms with Crippen molar-refractivity contribution in [2.45, 2.75) is 50.7 Å². The first-order valence-electron chi connectivity index (χ1n) is 8.77. The first-order valence-corrected chi connectivity index (χ1v) is 8.77. The maximum atomic E-state index is 12.3. The summed E-state index contributed by atoms with van der Waals surface area (Å²) in [5.41, 5.74) is 4.07. The maximum absolute atomic E-state index is 12.3. The predicted molar refractivity (Wildman–Crippen MR) is 93.4 cm³/mol. The zero-order valence-electron chi connectivity index (χ0n) is 14.9. The first kappa shape index (κ1) is 17.2. The number of ether oxygens (including phenoxy) is 2. The summed E-state index contributed by atoms with van der Waals surface area (Å²) in [6.07, 6.45) is 3.10. The summed E-state index contributed by atoms with van der Waals surface area (Å²) in [7, 11) is 1.68. The van der Waals surface area contributed by atoms with Gasteiger partial charge in [0, 0.05) is 25.7 Å². The van der Waals surface area contributed by atoms with Crippen LogP contribution in [0.5, 0.6) is 0 Å². The molecule has 2 aliphatic rings. The van der Waals surface area contributed by atoms with Crippen molar-refractivity contribution < 1.29 is 14.3 Å².